The third-order valence-electron chi connectivity index (χ3n) is 6.71. The van der Waals surface area contributed by atoms with Gasteiger partial charge in [-0.05, 0) is 80.6 Å². The van der Waals surface area contributed by atoms with Crippen LogP contribution in [0, 0.1) is 26.7 Å². The minimum Gasteiger partial charge on any atom is -0.354 e. The van der Waals surface area contributed by atoms with Crippen molar-refractivity contribution >= 4 is 50.7 Å². The summed E-state index contributed by atoms with van der Waals surface area (Å²) in [4.78, 5) is 28.6. The summed E-state index contributed by atoms with van der Waals surface area (Å²) < 4.78 is 29.2. The molecule has 0 fully saturated rings. The molecule has 0 spiro atoms. The third kappa shape index (κ3) is 8.24. The van der Waals surface area contributed by atoms with E-state index in [1.807, 2.05) is 39.8 Å². The van der Waals surface area contributed by atoms with E-state index in [4.69, 9.17) is 23.2 Å². The third-order valence-corrected chi connectivity index (χ3v) is 9.22. The highest BCUT2D eigenvalue weighted by Crippen LogP contribution is 2.29. The van der Waals surface area contributed by atoms with Crippen molar-refractivity contribution in [2.24, 2.45) is 5.92 Å². The van der Waals surface area contributed by atoms with Gasteiger partial charge in [0.2, 0.25) is 11.8 Å². The number of nitrogens with one attached hydrogen (secondary N) is 1. The molecule has 0 saturated carbocycles. The topological polar surface area (TPSA) is 86.8 Å². The van der Waals surface area contributed by atoms with E-state index in [1.165, 1.54) is 17.0 Å². The molecule has 7 nitrogen and oxygen atoms in total. The molecule has 0 aromatic heterocycles. The van der Waals surface area contributed by atoms with Crippen LogP contribution in [0.25, 0.3) is 0 Å². The first-order valence-corrected chi connectivity index (χ1v) is 15.6. The number of aryl methyl sites for hydroxylation is 3. The monoisotopic (exact) mass is 617 g/mol. The number of anilines is 1. The summed E-state index contributed by atoms with van der Waals surface area (Å²) in [6, 6.07) is 16.0. The zero-order valence-electron chi connectivity index (χ0n) is 24.2. The first kappa shape index (κ1) is 32.4. The maximum atomic E-state index is 14.1. The number of amides is 2. The van der Waals surface area contributed by atoms with Gasteiger partial charge in [0, 0.05) is 13.1 Å². The highest BCUT2D eigenvalue weighted by molar-refractivity contribution is 7.92. The minimum absolute atomic E-state index is 0.0250. The molecule has 0 unspecified atom stereocenters. The number of carbonyl (C=O) groups excluding carboxylic acids is 2. The fraction of sp³-hybridized carbons (Fsp3) is 0.355. The molecule has 0 aliphatic heterocycles. The van der Waals surface area contributed by atoms with Gasteiger partial charge >= 0.3 is 0 Å². The van der Waals surface area contributed by atoms with Crippen molar-refractivity contribution in [3.05, 3.63) is 93.0 Å². The summed E-state index contributed by atoms with van der Waals surface area (Å²) in [6.45, 7) is 11.1. The van der Waals surface area contributed by atoms with E-state index in [0.717, 1.165) is 15.4 Å². The molecule has 3 rings (SSSR count). The predicted molar refractivity (Wildman–Crippen MR) is 166 cm³/mol. The summed E-state index contributed by atoms with van der Waals surface area (Å²) in [5, 5.41) is 3.55. The second kappa shape index (κ2) is 13.7. The quantitative estimate of drug-likeness (QED) is 0.273. The van der Waals surface area contributed by atoms with Crippen LogP contribution in [-0.4, -0.2) is 44.3 Å². The van der Waals surface area contributed by atoms with Crippen LogP contribution in [0.3, 0.4) is 0 Å². The van der Waals surface area contributed by atoms with Gasteiger partial charge in [0.05, 0.1) is 20.6 Å². The normalized spacial score (nSPS) is 12.2. The summed E-state index contributed by atoms with van der Waals surface area (Å²) in [6.07, 6.45) is 0. The van der Waals surface area contributed by atoms with Crippen LogP contribution in [0.2, 0.25) is 10.0 Å². The molecular weight excluding hydrogens is 581 g/mol. The van der Waals surface area contributed by atoms with Crippen molar-refractivity contribution in [3.63, 3.8) is 0 Å². The van der Waals surface area contributed by atoms with E-state index in [0.29, 0.717) is 33.4 Å². The lowest BCUT2D eigenvalue weighted by Crippen LogP contribution is -2.51. The summed E-state index contributed by atoms with van der Waals surface area (Å²) in [7, 11) is -4.14. The maximum absolute atomic E-state index is 14.1. The van der Waals surface area contributed by atoms with E-state index in [1.54, 1.807) is 50.2 Å². The smallest absolute Gasteiger partial charge is 0.264 e. The van der Waals surface area contributed by atoms with Crippen LogP contribution in [0.5, 0.6) is 0 Å². The molecule has 10 heteroatoms. The van der Waals surface area contributed by atoms with Gasteiger partial charge in [0.25, 0.3) is 10.0 Å². The maximum Gasteiger partial charge on any atom is 0.264 e. The lowest BCUT2D eigenvalue weighted by Gasteiger charge is -2.32. The van der Waals surface area contributed by atoms with Crippen LogP contribution >= 0.6 is 23.2 Å². The molecule has 3 aromatic rings. The number of halogens is 2. The molecule has 0 aliphatic carbocycles. The Balaban J connectivity index is 2.07. The second-order valence-electron chi connectivity index (χ2n) is 10.7. The lowest BCUT2D eigenvalue weighted by atomic mass is 10.1. The second-order valence-corrected chi connectivity index (χ2v) is 13.4. The fourth-order valence-corrected chi connectivity index (χ4v) is 6.00. The minimum atomic E-state index is -4.14. The zero-order valence-corrected chi connectivity index (χ0v) is 26.6. The summed E-state index contributed by atoms with van der Waals surface area (Å²) in [5.41, 5.74) is 3.49. The van der Waals surface area contributed by atoms with E-state index in [2.05, 4.69) is 5.32 Å². The van der Waals surface area contributed by atoms with Crippen LogP contribution in [0.4, 0.5) is 5.69 Å². The van der Waals surface area contributed by atoms with Crippen LogP contribution < -0.4 is 9.62 Å². The van der Waals surface area contributed by atoms with Crippen molar-refractivity contribution in [3.8, 4) is 0 Å². The summed E-state index contributed by atoms with van der Waals surface area (Å²) >= 11 is 12.3. The van der Waals surface area contributed by atoms with Crippen molar-refractivity contribution in [1.82, 2.24) is 10.2 Å². The largest absolute Gasteiger partial charge is 0.354 e. The SMILES string of the molecule is Cc1ccc(S(=O)(=O)N(CC(=O)N(Cc2ccc(Cl)c(Cl)c2)[C@@H](C)C(=O)NCC(C)C)c2cc(C)ccc2C)cc1. The van der Waals surface area contributed by atoms with Gasteiger partial charge in [0.1, 0.15) is 12.6 Å². The van der Waals surface area contributed by atoms with E-state index >= 15 is 0 Å². The molecule has 1 N–H and O–H groups in total. The number of rotatable bonds is 11. The molecule has 0 aliphatic rings. The van der Waals surface area contributed by atoms with Crippen LogP contribution in [-0.2, 0) is 26.2 Å². The number of benzene rings is 3. The Bertz CT molecular complexity index is 1510. The molecule has 220 valence electrons. The van der Waals surface area contributed by atoms with E-state index in [9.17, 15) is 18.0 Å². The number of carbonyl (C=O) groups is 2. The van der Waals surface area contributed by atoms with Crippen molar-refractivity contribution < 1.29 is 18.0 Å². The Morgan fingerprint density at radius 1 is 0.854 bits per heavy atom. The molecule has 2 amide bonds. The highest BCUT2D eigenvalue weighted by atomic mass is 35.5. The molecule has 3 aromatic carbocycles. The molecule has 0 radical (unpaired) electrons. The number of hydrogen-bond donors (Lipinski definition) is 1. The number of nitrogens with zero attached hydrogens (tertiary/aromatic N) is 2. The van der Waals surface area contributed by atoms with Gasteiger partial charge in [0.15, 0.2) is 0 Å². The Morgan fingerprint density at radius 3 is 2.10 bits per heavy atom. The Hall–Kier alpha value is -3.07. The molecule has 41 heavy (non-hydrogen) atoms. The Morgan fingerprint density at radius 2 is 1.49 bits per heavy atom. The van der Waals surface area contributed by atoms with E-state index < -0.39 is 28.5 Å². The molecule has 1 atom stereocenters. The predicted octanol–water partition coefficient (Wildman–Crippen LogP) is 6.30. The van der Waals surface area contributed by atoms with Crippen LogP contribution in [0.1, 0.15) is 43.0 Å². The summed E-state index contributed by atoms with van der Waals surface area (Å²) in [5.74, 6) is -0.670. The molecule has 0 bridgehead atoms. The standard InChI is InChI=1S/C31H37Cl2N3O4S/c1-20(2)17-34-31(38)24(6)35(18-25-11-14-27(32)28(33)16-25)30(37)19-36(29-15-22(4)7-10-23(29)5)41(39,40)26-12-8-21(3)9-13-26/h7-16,20,24H,17-19H2,1-6H3,(H,34,38)/t24-/m0/s1. The average Bonchev–Trinajstić information content (AvgIpc) is 2.92. The first-order valence-electron chi connectivity index (χ1n) is 13.4. The van der Waals surface area contributed by atoms with Crippen LogP contribution in [0.15, 0.2) is 65.6 Å². The van der Waals surface area contributed by atoms with Gasteiger partial charge in [-0.3, -0.25) is 13.9 Å². The zero-order chi connectivity index (χ0) is 30.5. The van der Waals surface area contributed by atoms with Crippen molar-refractivity contribution in [2.45, 2.75) is 59.0 Å². The average molecular weight is 619 g/mol. The Kier molecular flexibility index (Phi) is 10.9. The Labute approximate surface area is 253 Å². The van der Waals surface area contributed by atoms with Gasteiger partial charge < -0.3 is 10.2 Å². The lowest BCUT2D eigenvalue weighted by molar-refractivity contribution is -0.139. The molecule has 0 heterocycles. The van der Waals surface area contributed by atoms with Crippen molar-refractivity contribution in [1.29, 1.82) is 0 Å². The van der Waals surface area contributed by atoms with Crippen molar-refractivity contribution in [2.75, 3.05) is 17.4 Å². The number of hydrogen-bond acceptors (Lipinski definition) is 4. The van der Waals surface area contributed by atoms with Gasteiger partial charge in [-0.15, -0.1) is 0 Å². The fourth-order valence-electron chi connectivity index (χ4n) is 4.21. The highest BCUT2D eigenvalue weighted by Gasteiger charge is 2.33. The first-order chi connectivity index (χ1) is 19.2. The van der Waals surface area contributed by atoms with Gasteiger partial charge in [-0.1, -0.05) is 72.9 Å². The molecule has 0 saturated heterocycles. The number of sulfonamides is 1. The van der Waals surface area contributed by atoms with Gasteiger partial charge in [-0.25, -0.2) is 8.42 Å². The molecular formula is C31H37Cl2N3O4S. The van der Waals surface area contributed by atoms with E-state index in [-0.39, 0.29) is 23.3 Å². The van der Waals surface area contributed by atoms with Gasteiger partial charge in [-0.2, -0.15) is 0 Å².